The molecular formula is C30H30O3. The quantitative estimate of drug-likeness (QED) is 0.344. The number of aromatic hydroxyl groups is 1. The molecule has 0 atom stereocenters. The van der Waals surface area contributed by atoms with Gasteiger partial charge in [0.2, 0.25) is 0 Å². The number of ether oxygens (including phenoxy) is 1. The van der Waals surface area contributed by atoms with Gasteiger partial charge < -0.3 is 9.84 Å². The largest absolute Gasteiger partial charge is 0.508 e. The Morgan fingerprint density at radius 3 is 2.18 bits per heavy atom. The van der Waals surface area contributed by atoms with Crippen LogP contribution in [0.3, 0.4) is 0 Å². The standard InChI is InChI=1S/C30H30O3/c1-2-9-33-29(32)23-5-3-22(4-6-23)24-7-8-25-15-28(31)27(14-26(25)13-24)30-16-19-10-20(17-30)12-21(11-19)18-30/h2-8,13-15,19-21,31H,1,9-12,16-18H2. The summed E-state index contributed by atoms with van der Waals surface area (Å²) in [5.41, 5.74) is 4.04. The SMILES string of the molecule is C=CCOC(=O)c1ccc(-c2ccc3cc(O)c(C45CC6CC(CC(C6)C4)C5)cc3c2)cc1. The molecule has 0 aromatic heterocycles. The molecule has 0 heterocycles. The molecule has 4 aliphatic carbocycles. The van der Waals surface area contributed by atoms with E-state index in [9.17, 15) is 9.90 Å². The molecule has 33 heavy (non-hydrogen) atoms. The van der Waals surface area contributed by atoms with Crippen molar-refractivity contribution in [2.24, 2.45) is 17.8 Å². The number of rotatable bonds is 5. The predicted octanol–water partition coefficient (Wildman–Crippen LogP) is 7.02. The molecule has 3 aromatic carbocycles. The molecule has 7 rings (SSSR count). The second kappa shape index (κ2) is 7.76. The smallest absolute Gasteiger partial charge is 0.338 e. The van der Waals surface area contributed by atoms with Crippen LogP contribution in [0.4, 0.5) is 0 Å². The second-order valence-electron chi connectivity index (χ2n) is 10.6. The summed E-state index contributed by atoms with van der Waals surface area (Å²) >= 11 is 0. The minimum Gasteiger partial charge on any atom is -0.508 e. The van der Waals surface area contributed by atoms with E-state index in [1.807, 2.05) is 30.3 Å². The van der Waals surface area contributed by atoms with Crippen molar-refractivity contribution in [3.8, 4) is 16.9 Å². The summed E-state index contributed by atoms with van der Waals surface area (Å²) in [6, 6.07) is 18.2. The Kier molecular flexibility index (Phi) is 4.83. The van der Waals surface area contributed by atoms with Crippen molar-refractivity contribution in [3.63, 3.8) is 0 Å². The van der Waals surface area contributed by atoms with E-state index in [2.05, 4.69) is 30.8 Å². The zero-order valence-electron chi connectivity index (χ0n) is 18.9. The monoisotopic (exact) mass is 438 g/mol. The number of esters is 1. The normalized spacial score (nSPS) is 27.6. The van der Waals surface area contributed by atoms with Gasteiger partial charge in [-0.05, 0) is 114 Å². The van der Waals surface area contributed by atoms with E-state index in [0.717, 1.165) is 34.3 Å². The molecule has 4 bridgehead atoms. The van der Waals surface area contributed by atoms with E-state index < -0.39 is 0 Å². The van der Waals surface area contributed by atoms with Gasteiger partial charge in [0.1, 0.15) is 12.4 Å². The summed E-state index contributed by atoms with van der Waals surface area (Å²) < 4.78 is 5.12. The Morgan fingerprint density at radius 2 is 1.55 bits per heavy atom. The van der Waals surface area contributed by atoms with E-state index in [4.69, 9.17) is 4.74 Å². The van der Waals surface area contributed by atoms with Crippen molar-refractivity contribution in [3.05, 3.63) is 78.4 Å². The Balaban J connectivity index is 1.34. The van der Waals surface area contributed by atoms with Crippen molar-refractivity contribution in [1.82, 2.24) is 0 Å². The Labute approximate surface area is 195 Å². The average Bonchev–Trinajstić information content (AvgIpc) is 2.81. The first-order chi connectivity index (χ1) is 16.0. The van der Waals surface area contributed by atoms with Crippen LogP contribution in [0.1, 0.15) is 54.4 Å². The first kappa shape index (κ1) is 20.5. The van der Waals surface area contributed by atoms with Crippen molar-refractivity contribution >= 4 is 16.7 Å². The highest BCUT2D eigenvalue weighted by Gasteiger charge is 2.52. The van der Waals surface area contributed by atoms with Crippen molar-refractivity contribution in [1.29, 1.82) is 0 Å². The van der Waals surface area contributed by atoms with Gasteiger partial charge in [-0.2, -0.15) is 0 Å². The van der Waals surface area contributed by atoms with Gasteiger partial charge in [0.25, 0.3) is 0 Å². The zero-order valence-corrected chi connectivity index (χ0v) is 18.9. The third kappa shape index (κ3) is 3.55. The molecular weight excluding hydrogens is 408 g/mol. The first-order valence-corrected chi connectivity index (χ1v) is 12.2. The van der Waals surface area contributed by atoms with Crippen molar-refractivity contribution in [2.75, 3.05) is 6.61 Å². The molecule has 0 saturated heterocycles. The molecule has 0 radical (unpaired) electrons. The van der Waals surface area contributed by atoms with Crippen LogP contribution in [0.5, 0.6) is 5.75 Å². The molecule has 1 N–H and O–H groups in total. The Bertz CT molecular complexity index is 1200. The van der Waals surface area contributed by atoms with E-state index in [1.165, 1.54) is 49.5 Å². The summed E-state index contributed by atoms with van der Waals surface area (Å²) in [7, 11) is 0. The number of fused-ring (bicyclic) bond motifs is 1. The molecule has 0 aliphatic heterocycles. The average molecular weight is 439 g/mol. The van der Waals surface area contributed by atoms with Crippen molar-refractivity contribution < 1.29 is 14.6 Å². The summed E-state index contributed by atoms with van der Waals surface area (Å²) in [5, 5.41) is 13.3. The van der Waals surface area contributed by atoms with Crippen LogP contribution in [0.2, 0.25) is 0 Å². The highest BCUT2D eigenvalue weighted by Crippen LogP contribution is 2.62. The summed E-state index contributed by atoms with van der Waals surface area (Å²) in [5.74, 6) is 2.66. The number of phenolic OH excluding ortho intramolecular Hbond substituents is 1. The molecule has 4 saturated carbocycles. The highest BCUT2D eigenvalue weighted by molar-refractivity contribution is 5.92. The number of carbonyl (C=O) groups excluding carboxylic acids is 1. The third-order valence-corrected chi connectivity index (χ3v) is 8.35. The molecule has 3 nitrogen and oxygen atoms in total. The first-order valence-electron chi connectivity index (χ1n) is 12.2. The maximum atomic E-state index is 12.1. The Morgan fingerprint density at radius 1 is 0.909 bits per heavy atom. The minimum atomic E-state index is -0.337. The van der Waals surface area contributed by atoms with E-state index in [1.54, 1.807) is 6.08 Å². The van der Waals surface area contributed by atoms with Crippen LogP contribution in [-0.2, 0) is 10.2 Å². The predicted molar refractivity (Wildman–Crippen MR) is 131 cm³/mol. The number of hydrogen-bond donors (Lipinski definition) is 1. The molecule has 4 aliphatic rings. The van der Waals surface area contributed by atoms with E-state index in [0.29, 0.717) is 11.3 Å². The Hall–Kier alpha value is -3.07. The third-order valence-electron chi connectivity index (χ3n) is 8.35. The maximum Gasteiger partial charge on any atom is 0.338 e. The number of carbonyl (C=O) groups is 1. The van der Waals surface area contributed by atoms with Gasteiger partial charge in [-0.3, -0.25) is 0 Å². The number of phenols is 1. The fourth-order valence-electron chi connectivity index (χ4n) is 7.35. The summed E-state index contributed by atoms with van der Waals surface area (Å²) in [4.78, 5) is 12.1. The van der Waals surface area contributed by atoms with Gasteiger partial charge in [-0.15, -0.1) is 0 Å². The molecule has 4 fully saturated rings. The maximum absolute atomic E-state index is 12.1. The van der Waals surface area contributed by atoms with Gasteiger partial charge in [0, 0.05) is 5.56 Å². The molecule has 0 unspecified atom stereocenters. The molecule has 3 heteroatoms. The van der Waals surface area contributed by atoms with Crippen LogP contribution in [-0.4, -0.2) is 17.7 Å². The van der Waals surface area contributed by atoms with Gasteiger partial charge in [0.05, 0.1) is 5.56 Å². The zero-order chi connectivity index (χ0) is 22.6. The lowest BCUT2D eigenvalue weighted by molar-refractivity contribution is -0.00606. The molecule has 0 spiro atoms. The van der Waals surface area contributed by atoms with E-state index >= 15 is 0 Å². The van der Waals surface area contributed by atoms with Gasteiger partial charge in [-0.1, -0.05) is 36.9 Å². The topological polar surface area (TPSA) is 46.5 Å². The van der Waals surface area contributed by atoms with E-state index in [-0.39, 0.29) is 18.0 Å². The van der Waals surface area contributed by atoms with Gasteiger partial charge in [0.15, 0.2) is 0 Å². The van der Waals surface area contributed by atoms with Crippen LogP contribution < -0.4 is 0 Å². The molecule has 0 amide bonds. The lowest BCUT2D eigenvalue weighted by Gasteiger charge is -2.57. The second-order valence-corrected chi connectivity index (χ2v) is 10.6. The van der Waals surface area contributed by atoms with Crippen LogP contribution >= 0.6 is 0 Å². The highest BCUT2D eigenvalue weighted by atomic mass is 16.5. The summed E-state index contributed by atoms with van der Waals surface area (Å²) in [6.45, 7) is 3.79. The lowest BCUT2D eigenvalue weighted by Crippen LogP contribution is -2.48. The number of benzene rings is 3. The van der Waals surface area contributed by atoms with Crippen LogP contribution in [0, 0.1) is 17.8 Å². The van der Waals surface area contributed by atoms with Crippen LogP contribution in [0.15, 0.2) is 67.3 Å². The fourth-order valence-corrected chi connectivity index (χ4v) is 7.35. The van der Waals surface area contributed by atoms with Gasteiger partial charge in [-0.25, -0.2) is 4.79 Å². The summed E-state index contributed by atoms with van der Waals surface area (Å²) in [6.07, 6.45) is 9.47. The lowest BCUT2D eigenvalue weighted by atomic mass is 9.48. The molecule has 168 valence electrons. The van der Waals surface area contributed by atoms with Gasteiger partial charge >= 0.3 is 5.97 Å². The minimum absolute atomic E-state index is 0.163. The van der Waals surface area contributed by atoms with Crippen molar-refractivity contribution in [2.45, 2.75) is 43.9 Å². The fraction of sp³-hybridized carbons (Fsp3) is 0.367. The molecule has 3 aromatic rings. The van der Waals surface area contributed by atoms with Crippen LogP contribution in [0.25, 0.3) is 21.9 Å². The number of hydrogen-bond acceptors (Lipinski definition) is 3.